The monoisotopic (exact) mass is 412 g/mol. The van der Waals surface area contributed by atoms with Crippen LogP contribution in [0.1, 0.15) is 10.5 Å². The van der Waals surface area contributed by atoms with E-state index in [-0.39, 0.29) is 0 Å². The summed E-state index contributed by atoms with van der Waals surface area (Å²) in [5.41, 5.74) is 2.11. The number of carbonyl (C=O) groups is 1. The fourth-order valence-electron chi connectivity index (χ4n) is 3.76. The zero-order valence-corrected chi connectivity index (χ0v) is 17.9. The van der Waals surface area contributed by atoms with Gasteiger partial charge >= 0.3 is 5.97 Å². The van der Waals surface area contributed by atoms with Gasteiger partial charge in [-0.1, -0.05) is 54.6 Å². The van der Waals surface area contributed by atoms with Gasteiger partial charge in [-0.2, -0.15) is 0 Å². The van der Waals surface area contributed by atoms with E-state index in [0.29, 0.717) is 5.69 Å². The number of rotatable bonds is 5. The smallest absolute Gasteiger partial charge is 0.356 e. The quantitative estimate of drug-likeness (QED) is 0.359. The molecule has 3 nitrogen and oxygen atoms in total. The summed E-state index contributed by atoms with van der Waals surface area (Å²) in [5, 5.41) is 3.83. The second kappa shape index (κ2) is 8.61. The van der Waals surface area contributed by atoms with Crippen molar-refractivity contribution in [2.75, 3.05) is 13.8 Å². The number of carbonyl (C=O) groups excluding carboxylic acids is 1. The van der Waals surface area contributed by atoms with Crippen molar-refractivity contribution >= 4 is 29.1 Å². The second-order valence-electron chi connectivity index (χ2n) is 7.09. The van der Waals surface area contributed by atoms with E-state index in [2.05, 4.69) is 78.4 Å². The average molecular weight is 412 g/mol. The molecule has 3 aromatic carbocycles. The Balaban J connectivity index is 1.96. The van der Waals surface area contributed by atoms with Crippen LogP contribution in [0.3, 0.4) is 0 Å². The predicted molar refractivity (Wildman–Crippen MR) is 126 cm³/mol. The van der Waals surface area contributed by atoms with Crippen LogP contribution in [0.4, 0.5) is 0 Å². The van der Waals surface area contributed by atoms with Gasteiger partial charge in [0.1, 0.15) is 28.9 Å². The first-order valence-corrected chi connectivity index (χ1v) is 12.0. The maximum atomic E-state index is 12.0. The highest BCUT2D eigenvalue weighted by molar-refractivity contribution is 7.95. The number of benzene rings is 3. The van der Waals surface area contributed by atoms with Gasteiger partial charge in [0.15, 0.2) is 0 Å². The third kappa shape index (κ3) is 3.65. The number of pyridine rings is 1. The predicted octanol–water partition coefficient (Wildman–Crippen LogP) is 4.46. The van der Waals surface area contributed by atoms with Gasteiger partial charge in [0.05, 0.1) is 19.5 Å². The molecule has 0 atom stereocenters. The molecule has 0 aliphatic heterocycles. The first-order chi connectivity index (χ1) is 14.6. The normalized spacial score (nSPS) is 11.1. The van der Waals surface area contributed by atoms with E-state index in [1.54, 1.807) is 6.07 Å². The lowest BCUT2D eigenvalue weighted by Crippen LogP contribution is -2.31. The van der Waals surface area contributed by atoms with E-state index >= 15 is 0 Å². The minimum Gasteiger partial charge on any atom is -0.464 e. The van der Waals surface area contributed by atoms with E-state index in [0.717, 1.165) is 11.3 Å². The first kappa shape index (κ1) is 20.0. The number of methoxy groups -OCH3 is 1. The molecule has 0 spiro atoms. The maximum absolute atomic E-state index is 12.0. The van der Waals surface area contributed by atoms with E-state index in [1.165, 1.54) is 23.0 Å². The lowest BCUT2D eigenvalue weighted by Gasteiger charge is -2.25. The molecule has 0 aliphatic rings. The van der Waals surface area contributed by atoms with E-state index in [4.69, 9.17) is 4.74 Å². The van der Waals surface area contributed by atoms with Crippen molar-refractivity contribution in [2.45, 2.75) is 0 Å². The zero-order chi connectivity index (χ0) is 21.0. The van der Waals surface area contributed by atoms with E-state index in [9.17, 15) is 4.79 Å². The maximum Gasteiger partial charge on any atom is 0.356 e. The molecule has 0 N–H and O–H groups in total. The minimum atomic E-state index is -1.93. The van der Waals surface area contributed by atoms with Crippen LogP contribution >= 0.6 is 7.26 Å². The molecule has 0 saturated heterocycles. The largest absolute Gasteiger partial charge is 0.464 e. The summed E-state index contributed by atoms with van der Waals surface area (Å²) in [6.07, 6.45) is 0. The molecule has 4 rings (SSSR count). The van der Waals surface area contributed by atoms with Gasteiger partial charge in [-0.05, 0) is 48.5 Å². The lowest BCUT2D eigenvalue weighted by atomic mass is 10.1. The van der Waals surface area contributed by atoms with Crippen molar-refractivity contribution in [3.05, 3.63) is 109 Å². The van der Waals surface area contributed by atoms with Gasteiger partial charge in [-0.15, -0.1) is 0 Å². The molecule has 0 bridgehead atoms. The van der Waals surface area contributed by atoms with Gasteiger partial charge in [-0.25, -0.2) is 9.78 Å². The number of ether oxygens (including phenoxy) is 1. The van der Waals surface area contributed by atoms with Crippen molar-refractivity contribution in [2.24, 2.45) is 0 Å². The molecule has 1 heterocycles. The molecule has 0 amide bonds. The van der Waals surface area contributed by atoms with Gasteiger partial charge in [0, 0.05) is 5.56 Å². The topological polar surface area (TPSA) is 39.2 Å². The van der Waals surface area contributed by atoms with Gasteiger partial charge < -0.3 is 4.74 Å². The zero-order valence-electron chi connectivity index (χ0n) is 17.0. The molecule has 0 radical (unpaired) electrons. The Morgan fingerprint density at radius 3 is 1.90 bits per heavy atom. The molecule has 0 saturated carbocycles. The Morgan fingerprint density at radius 2 is 1.30 bits per heavy atom. The summed E-state index contributed by atoms with van der Waals surface area (Å²) >= 11 is 0. The molecule has 0 fully saturated rings. The summed E-state index contributed by atoms with van der Waals surface area (Å²) < 4.78 is 4.87. The Bertz CT molecular complexity index is 1120. The summed E-state index contributed by atoms with van der Waals surface area (Å²) in [5.74, 6) is -0.432. The van der Waals surface area contributed by atoms with Crippen LogP contribution in [0.2, 0.25) is 0 Å². The third-order valence-electron chi connectivity index (χ3n) is 5.35. The van der Waals surface area contributed by atoms with Crippen molar-refractivity contribution in [1.29, 1.82) is 0 Å². The Hall–Kier alpha value is -3.29. The van der Waals surface area contributed by atoms with Crippen molar-refractivity contribution < 1.29 is 9.53 Å². The van der Waals surface area contributed by atoms with E-state index < -0.39 is 13.2 Å². The van der Waals surface area contributed by atoms with E-state index in [1.807, 2.05) is 30.3 Å². The molecular weight excluding hydrogens is 389 g/mol. The second-order valence-corrected chi connectivity index (χ2v) is 10.6. The standard InChI is InChI=1S/C26H23NO2P/c1-29-26(28)24-18-11-17-23(27-24)22-16-9-10-19-25(22)30(2,20-12-5-3-6-13-20)21-14-7-4-8-15-21/h3-19H,1-2H3/q+1. The summed E-state index contributed by atoms with van der Waals surface area (Å²) in [4.78, 5) is 16.7. The fourth-order valence-corrected chi connectivity index (χ4v) is 7.21. The van der Waals surface area contributed by atoms with Crippen molar-refractivity contribution in [1.82, 2.24) is 4.98 Å². The van der Waals surface area contributed by atoms with Crippen molar-refractivity contribution in [3.8, 4) is 11.3 Å². The number of nitrogens with zero attached hydrogens (tertiary/aromatic N) is 1. The van der Waals surface area contributed by atoms with Crippen LogP contribution < -0.4 is 15.9 Å². The SMILES string of the molecule is COC(=O)c1cccc(-c2ccccc2[P+](C)(c2ccccc2)c2ccccc2)n1. The first-order valence-electron chi connectivity index (χ1n) is 9.77. The summed E-state index contributed by atoms with van der Waals surface area (Å²) in [6, 6.07) is 35.1. The van der Waals surface area contributed by atoms with Crippen LogP contribution in [0.25, 0.3) is 11.3 Å². The molecule has 0 aliphatic carbocycles. The van der Waals surface area contributed by atoms with Gasteiger partial charge in [0.25, 0.3) is 0 Å². The van der Waals surface area contributed by atoms with Crippen molar-refractivity contribution in [3.63, 3.8) is 0 Å². The van der Waals surface area contributed by atoms with Crippen LogP contribution in [0.5, 0.6) is 0 Å². The molecular formula is C26H23NO2P+. The summed E-state index contributed by atoms with van der Waals surface area (Å²) in [7, 11) is -0.558. The highest BCUT2D eigenvalue weighted by Crippen LogP contribution is 2.53. The van der Waals surface area contributed by atoms with Gasteiger partial charge in [0.2, 0.25) is 0 Å². The molecule has 1 aromatic heterocycles. The third-order valence-corrected chi connectivity index (χ3v) is 9.37. The molecule has 4 heteroatoms. The van der Waals surface area contributed by atoms with Crippen LogP contribution in [-0.2, 0) is 4.74 Å². The number of esters is 1. The van der Waals surface area contributed by atoms with Crippen LogP contribution in [-0.4, -0.2) is 24.7 Å². The molecule has 30 heavy (non-hydrogen) atoms. The summed E-state index contributed by atoms with van der Waals surface area (Å²) in [6.45, 7) is 2.35. The number of aromatic nitrogens is 1. The minimum absolute atomic E-state index is 0.310. The fraction of sp³-hybridized carbons (Fsp3) is 0.0769. The van der Waals surface area contributed by atoms with Crippen LogP contribution in [0, 0.1) is 0 Å². The Labute approximate surface area is 177 Å². The number of hydrogen-bond acceptors (Lipinski definition) is 3. The molecule has 0 unspecified atom stereocenters. The number of hydrogen-bond donors (Lipinski definition) is 0. The molecule has 4 aromatic rings. The Morgan fingerprint density at radius 1 is 0.733 bits per heavy atom. The average Bonchev–Trinajstić information content (AvgIpc) is 2.84. The highest BCUT2D eigenvalue weighted by Gasteiger charge is 2.42. The molecule has 148 valence electrons. The Kier molecular flexibility index (Phi) is 5.74. The highest BCUT2D eigenvalue weighted by atomic mass is 31.2. The van der Waals surface area contributed by atoms with Crippen LogP contribution in [0.15, 0.2) is 103 Å². The lowest BCUT2D eigenvalue weighted by molar-refractivity contribution is 0.0594. The van der Waals surface area contributed by atoms with Gasteiger partial charge in [-0.3, -0.25) is 0 Å².